The number of benzene rings is 3. The third-order valence-corrected chi connectivity index (χ3v) is 3.98. The number of rotatable bonds is 5. The van der Waals surface area contributed by atoms with Gasteiger partial charge in [0.25, 0.3) is 5.91 Å². The zero-order valence-corrected chi connectivity index (χ0v) is 15.6. The van der Waals surface area contributed by atoms with Crippen molar-refractivity contribution in [2.24, 2.45) is 0 Å². The molecule has 0 aliphatic rings. The minimum absolute atomic E-state index is 0.135. The van der Waals surface area contributed by atoms with Crippen LogP contribution in [0.15, 0.2) is 72.8 Å². The molecule has 0 fully saturated rings. The molecule has 7 heteroatoms. The van der Waals surface area contributed by atoms with Crippen LogP contribution >= 0.6 is 11.6 Å². The van der Waals surface area contributed by atoms with Gasteiger partial charge in [0.15, 0.2) is 0 Å². The third-order valence-electron chi connectivity index (χ3n) is 3.76. The number of amides is 2. The third kappa shape index (κ3) is 5.49. The normalized spacial score (nSPS) is 10.2. The van der Waals surface area contributed by atoms with Gasteiger partial charge >= 0.3 is 6.09 Å². The largest absolute Gasteiger partial charge is 0.444 e. The zero-order valence-electron chi connectivity index (χ0n) is 14.8. The molecule has 0 bridgehead atoms. The van der Waals surface area contributed by atoms with Gasteiger partial charge in [-0.3, -0.25) is 10.1 Å². The highest BCUT2D eigenvalue weighted by Gasteiger charge is 2.11. The second-order valence-corrected chi connectivity index (χ2v) is 6.43. The topological polar surface area (TPSA) is 93.5 Å². The van der Waals surface area contributed by atoms with E-state index in [1.54, 1.807) is 24.3 Å². The summed E-state index contributed by atoms with van der Waals surface area (Å²) in [6.45, 7) is 0.135. The molecule has 3 aromatic rings. The summed E-state index contributed by atoms with van der Waals surface area (Å²) >= 11 is 6.09. The molecule has 0 aliphatic heterocycles. The summed E-state index contributed by atoms with van der Waals surface area (Å²) in [5.74, 6) is -0.381. The molecule has 0 aliphatic carbocycles. The Morgan fingerprint density at radius 1 is 0.893 bits per heavy atom. The molecular formula is C21H18ClN3O3. The fourth-order valence-corrected chi connectivity index (χ4v) is 2.72. The average Bonchev–Trinajstić information content (AvgIpc) is 2.67. The zero-order chi connectivity index (χ0) is 19.9. The summed E-state index contributed by atoms with van der Waals surface area (Å²) < 4.78 is 5.17. The SMILES string of the molecule is Nc1cccc(NC(=O)c2cc(Cl)cc(NC(=O)OCc3ccccc3)c2)c1. The van der Waals surface area contributed by atoms with Crippen LogP contribution in [0, 0.1) is 0 Å². The monoisotopic (exact) mass is 395 g/mol. The van der Waals surface area contributed by atoms with Crippen LogP contribution in [0.5, 0.6) is 0 Å². The number of anilines is 3. The predicted octanol–water partition coefficient (Wildman–Crippen LogP) is 4.92. The van der Waals surface area contributed by atoms with Crippen molar-refractivity contribution in [3.05, 3.63) is 88.9 Å². The Morgan fingerprint density at radius 2 is 1.68 bits per heavy atom. The number of carbonyl (C=O) groups is 2. The molecule has 28 heavy (non-hydrogen) atoms. The van der Waals surface area contributed by atoms with Gasteiger partial charge in [0.2, 0.25) is 0 Å². The van der Waals surface area contributed by atoms with Gasteiger partial charge in [0.05, 0.1) is 0 Å². The summed E-state index contributed by atoms with van der Waals surface area (Å²) in [5, 5.41) is 5.61. The lowest BCUT2D eigenvalue weighted by Crippen LogP contribution is -2.15. The molecule has 0 unspecified atom stereocenters. The highest BCUT2D eigenvalue weighted by Crippen LogP contribution is 2.21. The van der Waals surface area contributed by atoms with E-state index in [1.165, 1.54) is 18.2 Å². The van der Waals surface area contributed by atoms with E-state index in [2.05, 4.69) is 10.6 Å². The van der Waals surface area contributed by atoms with E-state index in [-0.39, 0.29) is 18.1 Å². The number of hydrogen-bond acceptors (Lipinski definition) is 4. The predicted molar refractivity (Wildman–Crippen MR) is 111 cm³/mol. The van der Waals surface area contributed by atoms with Crippen LogP contribution < -0.4 is 16.4 Å². The van der Waals surface area contributed by atoms with Crippen molar-refractivity contribution >= 4 is 40.7 Å². The first-order valence-electron chi connectivity index (χ1n) is 8.45. The van der Waals surface area contributed by atoms with E-state index in [9.17, 15) is 9.59 Å². The van der Waals surface area contributed by atoms with Crippen LogP contribution in [0.1, 0.15) is 15.9 Å². The van der Waals surface area contributed by atoms with Gasteiger partial charge in [-0.2, -0.15) is 0 Å². The van der Waals surface area contributed by atoms with Crippen LogP contribution in [0.25, 0.3) is 0 Å². The quantitative estimate of drug-likeness (QED) is 0.534. The Kier molecular flexibility index (Phi) is 6.14. The van der Waals surface area contributed by atoms with Gasteiger partial charge in [-0.1, -0.05) is 48.0 Å². The fraction of sp³-hybridized carbons (Fsp3) is 0.0476. The maximum atomic E-state index is 12.5. The number of nitrogens with two attached hydrogens (primary N) is 1. The molecule has 3 aromatic carbocycles. The minimum Gasteiger partial charge on any atom is -0.444 e. The number of carbonyl (C=O) groups excluding carboxylic acids is 2. The summed E-state index contributed by atoms with van der Waals surface area (Å²) in [4.78, 5) is 24.5. The second kappa shape index (κ2) is 8.92. The van der Waals surface area contributed by atoms with Crippen molar-refractivity contribution in [1.82, 2.24) is 0 Å². The van der Waals surface area contributed by atoms with E-state index in [0.717, 1.165) is 5.56 Å². The van der Waals surface area contributed by atoms with Gasteiger partial charge < -0.3 is 15.8 Å². The Labute approximate surface area is 167 Å². The smallest absolute Gasteiger partial charge is 0.411 e. The Balaban J connectivity index is 1.65. The van der Waals surface area contributed by atoms with Crippen molar-refractivity contribution < 1.29 is 14.3 Å². The molecule has 0 spiro atoms. The van der Waals surface area contributed by atoms with Crippen molar-refractivity contribution in [1.29, 1.82) is 0 Å². The van der Waals surface area contributed by atoms with E-state index < -0.39 is 6.09 Å². The van der Waals surface area contributed by atoms with E-state index in [4.69, 9.17) is 22.1 Å². The Hall–Kier alpha value is -3.51. The Bertz CT molecular complexity index is 993. The van der Waals surface area contributed by atoms with Crippen LogP contribution in [0.4, 0.5) is 21.9 Å². The van der Waals surface area contributed by atoms with Gasteiger partial charge in [0, 0.05) is 27.6 Å². The van der Waals surface area contributed by atoms with E-state index >= 15 is 0 Å². The summed E-state index contributed by atoms with van der Waals surface area (Å²) in [7, 11) is 0. The maximum absolute atomic E-state index is 12.5. The molecule has 4 N–H and O–H groups in total. The van der Waals surface area contributed by atoms with Crippen molar-refractivity contribution in [2.45, 2.75) is 6.61 Å². The highest BCUT2D eigenvalue weighted by atomic mass is 35.5. The van der Waals surface area contributed by atoms with Crippen molar-refractivity contribution in [3.63, 3.8) is 0 Å². The van der Waals surface area contributed by atoms with Crippen LogP contribution in [0.2, 0.25) is 5.02 Å². The molecule has 0 saturated carbocycles. The van der Waals surface area contributed by atoms with Crippen molar-refractivity contribution in [2.75, 3.05) is 16.4 Å². The molecular weight excluding hydrogens is 378 g/mol. The number of ether oxygens (including phenoxy) is 1. The van der Waals surface area contributed by atoms with E-state index in [0.29, 0.717) is 22.1 Å². The standard InChI is InChI=1S/C21H18ClN3O3/c22-16-9-15(20(26)24-18-8-4-7-17(23)12-18)10-19(11-16)25-21(27)28-13-14-5-2-1-3-6-14/h1-12H,13,23H2,(H,24,26)(H,25,27). The molecule has 0 radical (unpaired) electrons. The van der Waals surface area contributed by atoms with E-state index in [1.807, 2.05) is 30.3 Å². The van der Waals surface area contributed by atoms with Crippen molar-refractivity contribution in [3.8, 4) is 0 Å². The lowest BCUT2D eigenvalue weighted by atomic mass is 10.1. The number of nitrogen functional groups attached to an aromatic ring is 1. The first-order chi connectivity index (χ1) is 13.5. The van der Waals surface area contributed by atoms with Gasteiger partial charge in [-0.05, 0) is 42.0 Å². The fourth-order valence-electron chi connectivity index (χ4n) is 2.49. The molecule has 0 heterocycles. The summed E-state index contributed by atoms with van der Waals surface area (Å²) in [5.41, 5.74) is 8.31. The Morgan fingerprint density at radius 3 is 2.43 bits per heavy atom. The molecule has 2 amide bonds. The number of nitrogens with one attached hydrogen (secondary N) is 2. The summed E-state index contributed by atoms with van der Waals surface area (Å²) in [6, 6.07) is 20.7. The lowest BCUT2D eigenvalue weighted by molar-refractivity contribution is 0.102. The number of hydrogen-bond donors (Lipinski definition) is 3. The molecule has 0 atom stereocenters. The first-order valence-corrected chi connectivity index (χ1v) is 8.82. The van der Waals surface area contributed by atoms with Gasteiger partial charge in [0.1, 0.15) is 6.61 Å². The molecule has 0 saturated heterocycles. The van der Waals surface area contributed by atoms with Gasteiger partial charge in [-0.25, -0.2) is 4.79 Å². The maximum Gasteiger partial charge on any atom is 0.411 e. The van der Waals surface area contributed by atoms with Crippen LogP contribution in [-0.2, 0) is 11.3 Å². The van der Waals surface area contributed by atoms with Crippen LogP contribution in [-0.4, -0.2) is 12.0 Å². The molecule has 6 nitrogen and oxygen atoms in total. The number of halogens is 1. The average molecular weight is 396 g/mol. The highest BCUT2D eigenvalue weighted by molar-refractivity contribution is 6.31. The minimum atomic E-state index is -0.645. The first kappa shape index (κ1) is 19.3. The van der Waals surface area contributed by atoms with Crippen LogP contribution in [0.3, 0.4) is 0 Å². The molecule has 3 rings (SSSR count). The second-order valence-electron chi connectivity index (χ2n) is 5.99. The lowest BCUT2D eigenvalue weighted by Gasteiger charge is -2.10. The molecule has 0 aromatic heterocycles. The summed E-state index contributed by atoms with van der Waals surface area (Å²) in [6.07, 6.45) is -0.645. The molecule has 142 valence electrons. The van der Waals surface area contributed by atoms with Gasteiger partial charge in [-0.15, -0.1) is 0 Å².